The van der Waals surface area contributed by atoms with Crippen LogP contribution < -0.4 is 24.0 Å². The summed E-state index contributed by atoms with van der Waals surface area (Å²) in [6, 6.07) is -0.711. The standard InChI is InChI=1S/C15H30N2O4.Li/c1-3-4-5-6-7-9-14(19)16-12-17(10-8-11-18)13(2)15(20)21;/h13,18H,3-12H2,1-2H3,(H,16,19)(H,20,21);/q;+1/p-1. The number of carbonyl (C=O) groups is 1. The van der Waals surface area contributed by atoms with Crippen LogP contribution in [0.3, 0.4) is 0 Å². The first kappa shape index (κ1) is 23.7. The van der Waals surface area contributed by atoms with E-state index < -0.39 is 12.0 Å². The molecule has 0 aromatic rings. The molecule has 1 atom stereocenters. The van der Waals surface area contributed by atoms with Gasteiger partial charge in [0.05, 0.1) is 6.67 Å². The molecule has 0 saturated carbocycles. The first-order chi connectivity index (χ1) is 10.0. The second-order valence-corrected chi connectivity index (χ2v) is 5.26. The van der Waals surface area contributed by atoms with Crippen molar-refractivity contribution in [2.24, 2.45) is 4.99 Å². The van der Waals surface area contributed by atoms with Crippen LogP contribution >= 0.6 is 0 Å². The Morgan fingerprint density at radius 2 is 1.86 bits per heavy atom. The molecule has 0 bridgehead atoms. The molecule has 0 rings (SSSR count). The third kappa shape index (κ3) is 12.0. The van der Waals surface area contributed by atoms with Gasteiger partial charge in [0.15, 0.2) is 0 Å². The van der Waals surface area contributed by atoms with Crippen molar-refractivity contribution in [1.82, 2.24) is 4.90 Å². The molecule has 0 fully saturated rings. The van der Waals surface area contributed by atoms with Crippen LogP contribution in [0.1, 0.15) is 58.8 Å². The van der Waals surface area contributed by atoms with E-state index in [1.165, 1.54) is 12.8 Å². The predicted molar refractivity (Wildman–Crippen MR) is 81.2 cm³/mol. The summed E-state index contributed by atoms with van der Waals surface area (Å²) in [5, 5.41) is 29.5. The third-order valence-electron chi connectivity index (χ3n) is 3.43. The van der Waals surface area contributed by atoms with Crippen molar-refractivity contribution in [2.45, 2.75) is 64.8 Å². The first-order valence-corrected chi connectivity index (χ1v) is 7.81. The Morgan fingerprint density at radius 3 is 2.41 bits per heavy atom. The molecule has 0 amide bonds. The van der Waals surface area contributed by atoms with Crippen LogP contribution in [0.2, 0.25) is 0 Å². The molecule has 2 N–H and O–H groups in total. The van der Waals surface area contributed by atoms with Crippen LogP contribution in [0, 0.1) is 0 Å². The van der Waals surface area contributed by atoms with Crippen LogP contribution in [0.25, 0.3) is 0 Å². The molecule has 0 spiro atoms. The van der Waals surface area contributed by atoms with Crippen LogP contribution in [0.15, 0.2) is 4.99 Å². The maximum atomic E-state index is 11.7. The third-order valence-corrected chi connectivity index (χ3v) is 3.43. The Labute approximate surface area is 145 Å². The van der Waals surface area contributed by atoms with E-state index in [2.05, 4.69) is 11.9 Å². The zero-order valence-corrected chi connectivity index (χ0v) is 14.3. The van der Waals surface area contributed by atoms with Gasteiger partial charge in [0.1, 0.15) is 6.04 Å². The summed E-state index contributed by atoms with van der Waals surface area (Å²) < 4.78 is 0. The Hall–Kier alpha value is -0.543. The largest absolute Gasteiger partial charge is 1.00 e. The van der Waals surface area contributed by atoms with E-state index in [9.17, 15) is 9.90 Å². The van der Waals surface area contributed by atoms with E-state index in [1.54, 1.807) is 11.8 Å². The molecule has 0 aromatic heterocycles. The van der Waals surface area contributed by atoms with E-state index in [1.807, 2.05) is 0 Å². The zero-order chi connectivity index (χ0) is 16.1. The summed E-state index contributed by atoms with van der Waals surface area (Å²) in [4.78, 5) is 16.5. The minimum absolute atomic E-state index is 0. The van der Waals surface area contributed by atoms with Gasteiger partial charge in [-0.15, -0.1) is 0 Å². The molecule has 0 aromatic carbocycles. The van der Waals surface area contributed by atoms with Crippen molar-refractivity contribution in [3.8, 4) is 0 Å². The summed E-state index contributed by atoms with van der Waals surface area (Å²) in [5.41, 5.74) is 0. The Bertz CT molecular complexity index is 314. The second kappa shape index (κ2) is 15.4. The monoisotopic (exact) mass is 308 g/mol. The van der Waals surface area contributed by atoms with Crippen molar-refractivity contribution in [3.63, 3.8) is 0 Å². The molecular formula is C15H29LiN2O4. The molecule has 0 saturated heterocycles. The zero-order valence-electron chi connectivity index (χ0n) is 14.3. The van der Waals surface area contributed by atoms with E-state index in [-0.39, 0.29) is 38.0 Å². The van der Waals surface area contributed by atoms with Gasteiger partial charge in [-0.2, -0.15) is 0 Å². The van der Waals surface area contributed by atoms with Crippen LogP contribution in [0.5, 0.6) is 0 Å². The molecule has 6 nitrogen and oxygen atoms in total. The number of hydrogen-bond donors (Lipinski definition) is 2. The fourth-order valence-electron chi connectivity index (χ4n) is 1.95. The maximum Gasteiger partial charge on any atom is 1.00 e. The number of carboxylic acids is 1. The summed E-state index contributed by atoms with van der Waals surface area (Å²) in [6.45, 7) is 4.20. The normalized spacial score (nSPS) is 13.0. The van der Waals surface area contributed by atoms with Gasteiger partial charge in [0, 0.05) is 13.2 Å². The van der Waals surface area contributed by atoms with Gasteiger partial charge in [0.2, 0.25) is 0 Å². The smallest absolute Gasteiger partial charge is 0.862 e. The number of rotatable bonds is 13. The van der Waals surface area contributed by atoms with Crippen molar-refractivity contribution in [2.75, 3.05) is 19.8 Å². The van der Waals surface area contributed by atoms with Gasteiger partial charge in [-0.05, 0) is 32.1 Å². The molecule has 1 unspecified atom stereocenters. The Balaban J connectivity index is 0. The molecule has 0 aliphatic heterocycles. The van der Waals surface area contributed by atoms with E-state index in [0.717, 1.165) is 19.3 Å². The summed E-state index contributed by atoms with van der Waals surface area (Å²) >= 11 is 0. The number of carboxylic acid groups (broad SMARTS) is 1. The maximum absolute atomic E-state index is 11.7. The van der Waals surface area contributed by atoms with E-state index in [4.69, 9.17) is 10.2 Å². The molecule has 124 valence electrons. The minimum Gasteiger partial charge on any atom is -0.862 e. The fourth-order valence-corrected chi connectivity index (χ4v) is 1.95. The van der Waals surface area contributed by atoms with Crippen molar-refractivity contribution in [1.29, 1.82) is 0 Å². The van der Waals surface area contributed by atoms with Crippen molar-refractivity contribution >= 4 is 11.9 Å². The average Bonchev–Trinajstić information content (AvgIpc) is 2.46. The number of aliphatic hydroxyl groups excluding tert-OH is 1. The predicted octanol–water partition coefficient (Wildman–Crippen LogP) is -1.78. The minimum atomic E-state index is -0.949. The van der Waals surface area contributed by atoms with Crippen molar-refractivity contribution in [3.05, 3.63) is 0 Å². The molecule has 0 aliphatic rings. The number of aliphatic imine (C=N–C) groups is 1. The van der Waals surface area contributed by atoms with Gasteiger partial charge in [-0.1, -0.05) is 32.6 Å². The average molecular weight is 308 g/mol. The van der Waals surface area contributed by atoms with Gasteiger partial charge < -0.3 is 15.3 Å². The Kier molecular flexibility index (Phi) is 16.6. The fraction of sp³-hybridized carbons (Fsp3) is 0.867. The number of hydrogen-bond acceptors (Lipinski definition) is 5. The van der Waals surface area contributed by atoms with Gasteiger partial charge in [-0.25, -0.2) is 0 Å². The Morgan fingerprint density at radius 1 is 1.23 bits per heavy atom. The van der Waals surface area contributed by atoms with E-state index >= 15 is 0 Å². The quantitative estimate of drug-likeness (QED) is 0.182. The summed E-state index contributed by atoms with van der Waals surface area (Å²) in [7, 11) is 0. The van der Waals surface area contributed by atoms with E-state index in [0.29, 0.717) is 19.4 Å². The number of aliphatic hydroxyl groups is 1. The number of nitrogens with zero attached hydrogens (tertiary/aromatic N) is 2. The first-order valence-electron chi connectivity index (χ1n) is 7.81. The molecule has 0 aliphatic carbocycles. The summed E-state index contributed by atoms with van der Waals surface area (Å²) in [5.74, 6) is -1.12. The molecule has 7 heteroatoms. The van der Waals surface area contributed by atoms with Crippen LogP contribution in [0.4, 0.5) is 0 Å². The van der Waals surface area contributed by atoms with Gasteiger partial charge in [-0.3, -0.25) is 14.7 Å². The van der Waals surface area contributed by atoms with Crippen LogP contribution in [-0.2, 0) is 4.79 Å². The number of aliphatic carboxylic acids is 1. The summed E-state index contributed by atoms with van der Waals surface area (Å²) in [6.07, 6.45) is 6.28. The van der Waals surface area contributed by atoms with Gasteiger partial charge >= 0.3 is 24.8 Å². The second-order valence-electron chi connectivity index (χ2n) is 5.26. The molecule has 22 heavy (non-hydrogen) atoms. The number of unbranched alkanes of at least 4 members (excludes halogenated alkanes) is 4. The molecule has 0 radical (unpaired) electrons. The molecule has 0 heterocycles. The topological polar surface area (TPSA) is 96.2 Å². The van der Waals surface area contributed by atoms with Crippen molar-refractivity contribution < 1.29 is 39.0 Å². The SMILES string of the molecule is CCCCCCCC([O-])=NCN(CCCO)C(C)C(=O)O.[Li+]. The molecular weight excluding hydrogens is 279 g/mol. The van der Waals surface area contributed by atoms with Crippen LogP contribution in [-0.4, -0.2) is 52.8 Å². The van der Waals surface area contributed by atoms with Gasteiger partial charge in [0.25, 0.3) is 0 Å².